The lowest BCUT2D eigenvalue weighted by Crippen LogP contribution is -2.42. The fourth-order valence-electron chi connectivity index (χ4n) is 4.42. The Balaban J connectivity index is 2.17. The highest BCUT2D eigenvalue weighted by atomic mass is 16.2. The van der Waals surface area contributed by atoms with Crippen LogP contribution in [0.5, 0.6) is 0 Å². The van der Waals surface area contributed by atoms with Gasteiger partial charge in [0, 0.05) is 12.5 Å². The Bertz CT molecular complexity index is 1120. The molecule has 0 aliphatic heterocycles. The first-order chi connectivity index (χ1) is 15.9. The lowest BCUT2D eigenvalue weighted by molar-refractivity contribution is -0.139. The van der Waals surface area contributed by atoms with Crippen LogP contribution in [0.1, 0.15) is 72.2 Å². The molecule has 0 saturated heterocycles. The molecule has 0 aliphatic rings. The van der Waals surface area contributed by atoms with Crippen LogP contribution in [0.3, 0.4) is 0 Å². The van der Waals surface area contributed by atoms with Crippen molar-refractivity contribution in [3.05, 3.63) is 70.8 Å². The van der Waals surface area contributed by atoms with E-state index in [1.165, 1.54) is 0 Å². The fourth-order valence-corrected chi connectivity index (χ4v) is 4.42. The Kier molecular flexibility index (Phi) is 8.43. The summed E-state index contributed by atoms with van der Waals surface area (Å²) >= 11 is 0. The van der Waals surface area contributed by atoms with Gasteiger partial charge in [0.1, 0.15) is 5.82 Å². The molecule has 5 heteroatoms. The van der Waals surface area contributed by atoms with Crippen LogP contribution >= 0.6 is 0 Å². The van der Waals surface area contributed by atoms with E-state index >= 15 is 0 Å². The predicted octanol–water partition coefficient (Wildman–Crippen LogP) is 6.15. The topological polar surface area (TPSA) is 55.2 Å². The molecular weight excluding hydrogens is 410 g/mol. The van der Waals surface area contributed by atoms with Gasteiger partial charge >= 0.3 is 0 Å². The summed E-state index contributed by atoms with van der Waals surface area (Å²) in [6, 6.07) is 16.7. The van der Waals surface area contributed by atoms with Gasteiger partial charge in [-0.15, -0.1) is 0 Å². The minimum atomic E-state index is -0.340. The Morgan fingerprint density at radius 1 is 1.00 bits per heavy atom. The zero-order valence-corrected chi connectivity index (χ0v) is 20.6. The Labute approximate surface area is 197 Å². The summed E-state index contributed by atoms with van der Waals surface area (Å²) in [5, 5.41) is 0.577. The number of rotatable bonds is 10. The van der Waals surface area contributed by atoms with E-state index in [0.29, 0.717) is 29.2 Å². The van der Waals surface area contributed by atoms with E-state index in [-0.39, 0.29) is 23.4 Å². The maximum Gasteiger partial charge on any atom is 0.266 e. The number of aromatic nitrogens is 2. The molecule has 3 rings (SSSR count). The van der Waals surface area contributed by atoms with Crippen LogP contribution in [0, 0.1) is 11.8 Å². The Morgan fingerprint density at radius 3 is 2.30 bits per heavy atom. The molecule has 1 heterocycles. The summed E-state index contributed by atoms with van der Waals surface area (Å²) in [6.45, 7) is 11.1. The first-order valence-corrected chi connectivity index (χ1v) is 12.3. The van der Waals surface area contributed by atoms with Crippen LogP contribution in [0.4, 0.5) is 0 Å². The van der Waals surface area contributed by atoms with Crippen LogP contribution in [0.2, 0.25) is 0 Å². The molecule has 1 aromatic heterocycles. The number of carbonyl (C=O) groups excluding carboxylic acids is 1. The molecule has 0 N–H and O–H groups in total. The van der Waals surface area contributed by atoms with Gasteiger partial charge in [-0.1, -0.05) is 70.9 Å². The van der Waals surface area contributed by atoms with Crippen molar-refractivity contribution in [1.29, 1.82) is 0 Å². The summed E-state index contributed by atoms with van der Waals surface area (Å²) in [6.07, 6.45) is 3.82. The van der Waals surface area contributed by atoms with Gasteiger partial charge < -0.3 is 4.90 Å². The van der Waals surface area contributed by atoms with E-state index in [2.05, 4.69) is 27.7 Å². The molecule has 3 aromatic rings. The van der Waals surface area contributed by atoms with Crippen molar-refractivity contribution in [3.8, 4) is 5.69 Å². The second-order valence-electron chi connectivity index (χ2n) is 9.27. The standard InChI is InChI=1S/C28H37N3O2/c1-6-8-14-22(7-2)27(32)30(19-20(3)4)21(5)26-29-25-18-13-12-17-24(25)28(33)31(26)23-15-10-9-11-16-23/h9-13,15-18,20-22H,6-8,14,19H2,1-5H3. The zero-order valence-electron chi connectivity index (χ0n) is 20.6. The van der Waals surface area contributed by atoms with Gasteiger partial charge in [-0.25, -0.2) is 4.98 Å². The first kappa shape index (κ1) is 24.7. The first-order valence-electron chi connectivity index (χ1n) is 12.3. The van der Waals surface area contributed by atoms with Crippen LogP contribution in [0.25, 0.3) is 16.6 Å². The third-order valence-corrected chi connectivity index (χ3v) is 6.25. The molecule has 0 radical (unpaired) electrons. The quantitative estimate of drug-likeness (QED) is 0.375. The van der Waals surface area contributed by atoms with E-state index < -0.39 is 0 Å². The highest BCUT2D eigenvalue weighted by molar-refractivity contribution is 5.80. The SMILES string of the molecule is CCCCC(CC)C(=O)N(CC(C)C)C(C)c1nc2ccccc2c(=O)n1-c1ccccc1. The molecule has 0 spiro atoms. The minimum Gasteiger partial charge on any atom is -0.332 e. The lowest BCUT2D eigenvalue weighted by atomic mass is 9.96. The zero-order chi connectivity index (χ0) is 24.0. The largest absolute Gasteiger partial charge is 0.332 e. The van der Waals surface area contributed by atoms with Crippen LogP contribution in [-0.4, -0.2) is 26.9 Å². The smallest absolute Gasteiger partial charge is 0.266 e. The molecule has 2 unspecified atom stereocenters. The Hall–Kier alpha value is -2.95. The van der Waals surface area contributed by atoms with Crippen molar-refractivity contribution in [2.24, 2.45) is 11.8 Å². The van der Waals surface area contributed by atoms with Gasteiger partial charge in [0.25, 0.3) is 5.56 Å². The van der Waals surface area contributed by atoms with Crippen molar-refractivity contribution in [3.63, 3.8) is 0 Å². The molecule has 5 nitrogen and oxygen atoms in total. The number of carbonyl (C=O) groups is 1. The number of benzene rings is 2. The number of hydrogen-bond donors (Lipinski definition) is 0. The third kappa shape index (κ3) is 5.52. The fraction of sp³-hybridized carbons (Fsp3) is 0.464. The van der Waals surface area contributed by atoms with Gasteiger partial charge in [0.15, 0.2) is 0 Å². The normalized spacial score (nSPS) is 13.3. The number of nitrogens with zero attached hydrogens (tertiary/aromatic N) is 3. The number of unbranched alkanes of at least 4 members (excludes halogenated alkanes) is 1. The molecule has 0 aliphatic carbocycles. The van der Waals surface area contributed by atoms with E-state index in [9.17, 15) is 9.59 Å². The van der Waals surface area contributed by atoms with Crippen molar-refractivity contribution in [2.75, 3.05) is 6.54 Å². The predicted molar refractivity (Wildman–Crippen MR) is 136 cm³/mol. The van der Waals surface area contributed by atoms with Crippen molar-refractivity contribution in [1.82, 2.24) is 14.5 Å². The van der Waals surface area contributed by atoms with E-state index in [4.69, 9.17) is 4.98 Å². The van der Waals surface area contributed by atoms with E-state index in [1.54, 1.807) is 4.57 Å². The summed E-state index contributed by atoms with van der Waals surface area (Å²) in [4.78, 5) is 34.2. The molecule has 0 bridgehead atoms. The second-order valence-corrected chi connectivity index (χ2v) is 9.27. The lowest BCUT2D eigenvalue weighted by Gasteiger charge is -2.34. The summed E-state index contributed by atoms with van der Waals surface area (Å²) in [7, 11) is 0. The number of amides is 1. The van der Waals surface area contributed by atoms with Crippen molar-refractivity contribution >= 4 is 16.8 Å². The van der Waals surface area contributed by atoms with Gasteiger partial charge in [-0.3, -0.25) is 14.2 Å². The maximum absolute atomic E-state index is 13.7. The summed E-state index contributed by atoms with van der Waals surface area (Å²) < 4.78 is 1.68. The molecule has 1 amide bonds. The number of fused-ring (bicyclic) bond motifs is 1. The highest BCUT2D eigenvalue weighted by Crippen LogP contribution is 2.27. The van der Waals surface area contributed by atoms with Gasteiger partial charge in [-0.2, -0.15) is 0 Å². The van der Waals surface area contributed by atoms with Gasteiger partial charge in [-0.05, 0) is 49.9 Å². The Morgan fingerprint density at radius 2 is 1.67 bits per heavy atom. The molecule has 0 fully saturated rings. The minimum absolute atomic E-state index is 0.0106. The third-order valence-electron chi connectivity index (χ3n) is 6.25. The summed E-state index contributed by atoms with van der Waals surface area (Å²) in [5.74, 6) is 1.05. The molecule has 2 atom stereocenters. The molecule has 176 valence electrons. The number of para-hydroxylation sites is 2. The van der Waals surface area contributed by atoms with Crippen LogP contribution in [-0.2, 0) is 4.79 Å². The van der Waals surface area contributed by atoms with E-state index in [1.807, 2.05) is 66.4 Å². The monoisotopic (exact) mass is 447 g/mol. The summed E-state index contributed by atoms with van der Waals surface area (Å²) in [5.41, 5.74) is 1.31. The molecule has 2 aromatic carbocycles. The van der Waals surface area contributed by atoms with Gasteiger partial charge in [0.2, 0.25) is 5.91 Å². The van der Waals surface area contributed by atoms with Crippen LogP contribution in [0.15, 0.2) is 59.4 Å². The van der Waals surface area contributed by atoms with Crippen molar-refractivity contribution < 1.29 is 4.79 Å². The molecule has 33 heavy (non-hydrogen) atoms. The average molecular weight is 448 g/mol. The average Bonchev–Trinajstić information content (AvgIpc) is 2.82. The molecular formula is C28H37N3O2. The molecule has 0 saturated carbocycles. The number of hydrogen-bond acceptors (Lipinski definition) is 3. The van der Waals surface area contributed by atoms with E-state index in [0.717, 1.165) is 31.4 Å². The second kappa shape index (κ2) is 11.3. The van der Waals surface area contributed by atoms with Crippen molar-refractivity contribution in [2.45, 2.75) is 66.3 Å². The van der Waals surface area contributed by atoms with Crippen LogP contribution < -0.4 is 5.56 Å². The highest BCUT2D eigenvalue weighted by Gasteiger charge is 2.30. The van der Waals surface area contributed by atoms with Gasteiger partial charge in [0.05, 0.1) is 22.6 Å². The maximum atomic E-state index is 13.7.